The van der Waals surface area contributed by atoms with Crippen molar-refractivity contribution >= 4 is 11.4 Å². The second-order valence-electron chi connectivity index (χ2n) is 22.3. The van der Waals surface area contributed by atoms with Gasteiger partial charge in [-0.15, -0.1) is 10.2 Å². The van der Waals surface area contributed by atoms with Gasteiger partial charge in [0.1, 0.15) is 34.6 Å². The summed E-state index contributed by atoms with van der Waals surface area (Å²) >= 11 is 0. The minimum Gasteiger partial charge on any atom is -0.510 e. The van der Waals surface area contributed by atoms with E-state index >= 15 is 0 Å². The smallest absolute Gasteiger partial charge is 0.181 e. The first-order valence-electron chi connectivity index (χ1n) is 30.3. The van der Waals surface area contributed by atoms with Crippen LogP contribution in [0.4, 0.5) is 0 Å². The number of Topliss-reactive ketones (excluding diaryl/α,β-unsaturated/α-hetero) is 1. The van der Waals surface area contributed by atoms with Crippen LogP contribution in [-0.4, -0.2) is 54.1 Å². The number of rotatable bonds is 24. The number of aryl methyl sites for hydroxylation is 2. The van der Waals surface area contributed by atoms with Crippen molar-refractivity contribution in [3.63, 3.8) is 0 Å². The number of unbranched alkanes of at least 4 members (excludes halogenated alkanes) is 2. The molecule has 12 aromatic rings. The molecule has 0 spiro atoms. The SMILES string of the molecule is O=C1C(c2ccc(-c3cn(CCCCOc4ccc(C(c5ccccc5)(c5ccccc5)c5ccccc5)cc4)nn3)cc2)=C(O)C1c1ccc(-c2cn(CCCCOc3ccc(C(c4ccccc4)(c4ccccc4)c4ccccc4)cc3)nn2)cc1. The van der Waals surface area contributed by atoms with Gasteiger partial charge in [-0.2, -0.15) is 0 Å². The van der Waals surface area contributed by atoms with E-state index in [1.807, 2.05) is 70.3 Å². The van der Waals surface area contributed by atoms with Crippen LogP contribution in [0.2, 0.25) is 0 Å². The van der Waals surface area contributed by atoms with E-state index in [1.54, 1.807) is 0 Å². The topological polar surface area (TPSA) is 117 Å². The van der Waals surface area contributed by atoms with Crippen LogP contribution in [0.3, 0.4) is 0 Å². The van der Waals surface area contributed by atoms with Crippen molar-refractivity contribution in [2.75, 3.05) is 13.2 Å². The Morgan fingerprint density at radius 2 is 0.670 bits per heavy atom. The lowest BCUT2D eigenvalue weighted by molar-refractivity contribution is -0.116. The number of aliphatic hydroxyl groups is 1. The highest BCUT2D eigenvalue weighted by Crippen LogP contribution is 2.48. The number of aliphatic hydroxyl groups excluding tert-OH is 1. The lowest BCUT2D eigenvalue weighted by atomic mass is 9.65. The van der Waals surface area contributed by atoms with E-state index < -0.39 is 16.7 Å². The van der Waals surface area contributed by atoms with Gasteiger partial charge in [-0.05, 0) is 106 Å². The van der Waals surface area contributed by atoms with E-state index in [4.69, 9.17) is 9.47 Å². The van der Waals surface area contributed by atoms with Gasteiger partial charge in [0.15, 0.2) is 5.78 Å². The predicted octanol–water partition coefficient (Wildman–Crippen LogP) is 16.3. The van der Waals surface area contributed by atoms with Crippen LogP contribution in [0.25, 0.3) is 28.1 Å². The molecule has 432 valence electrons. The zero-order valence-corrected chi connectivity index (χ0v) is 48.8. The van der Waals surface area contributed by atoms with Crippen LogP contribution >= 0.6 is 0 Å². The number of hydrogen-bond donors (Lipinski definition) is 1. The quantitative estimate of drug-likeness (QED) is 0.0470. The van der Waals surface area contributed by atoms with Gasteiger partial charge >= 0.3 is 0 Å². The average Bonchev–Trinajstić information content (AvgIpc) is 1.12. The fraction of sp³-hybridized carbons (Fsp3) is 0.141. The van der Waals surface area contributed by atoms with E-state index in [1.165, 1.54) is 38.9 Å². The number of ketones is 1. The lowest BCUT2D eigenvalue weighted by Crippen LogP contribution is -2.30. The summed E-state index contributed by atoms with van der Waals surface area (Å²) in [6.45, 7) is 2.53. The molecule has 0 radical (unpaired) electrons. The highest BCUT2D eigenvalue weighted by Gasteiger charge is 2.42. The van der Waals surface area contributed by atoms with Crippen molar-refractivity contribution in [2.24, 2.45) is 0 Å². The molecule has 10 aromatic carbocycles. The molecular weight excluding hydrogens is 1080 g/mol. The molecule has 0 saturated heterocycles. The monoisotopic (exact) mass is 1150 g/mol. The van der Waals surface area contributed by atoms with Gasteiger partial charge in [0.25, 0.3) is 0 Å². The Balaban J connectivity index is 0.568. The standard InChI is InChI=1S/C78H66N6O4/c85-75-73(59-39-35-57(36-40-59)71-55-83(81-79-71)51-19-21-53-87-69-47-43-67(44-48-69)77(61-23-7-1-8-24-61,62-25-9-2-10-26-62)63-27-11-3-12-28-63)76(86)74(75)60-41-37-58(38-42-60)72-56-84(82-80-72)52-20-22-54-88-70-49-45-68(46-50-70)78(64-29-13-4-14-30-64,65-31-15-5-16-32-65)66-33-17-6-18-34-66/h1-18,23-50,55-56,73,85H,19-22,51-54H2. The molecule has 0 bridgehead atoms. The normalized spacial score (nSPS) is 13.3. The van der Waals surface area contributed by atoms with Gasteiger partial charge in [-0.1, -0.05) is 265 Å². The van der Waals surface area contributed by atoms with E-state index in [0.29, 0.717) is 37.4 Å². The molecule has 0 fully saturated rings. The Hall–Kier alpha value is -10.7. The maximum Gasteiger partial charge on any atom is 0.181 e. The van der Waals surface area contributed by atoms with Gasteiger partial charge < -0.3 is 14.6 Å². The summed E-state index contributed by atoms with van der Waals surface area (Å²) in [6, 6.07) is 96.5. The molecule has 1 atom stereocenters. The van der Waals surface area contributed by atoms with Crippen LogP contribution in [-0.2, 0) is 28.7 Å². The third-order valence-corrected chi connectivity index (χ3v) is 17.0. The van der Waals surface area contributed by atoms with Gasteiger partial charge in [0, 0.05) is 24.2 Å². The third-order valence-electron chi connectivity index (χ3n) is 17.0. The number of allylic oxidation sites excluding steroid dienone is 2. The number of benzene rings is 10. The highest BCUT2D eigenvalue weighted by atomic mass is 16.5. The number of aromatic nitrogens is 6. The molecule has 1 N–H and O–H groups in total. The summed E-state index contributed by atoms with van der Waals surface area (Å²) in [5.74, 6) is 0.880. The number of hydrogen-bond acceptors (Lipinski definition) is 8. The van der Waals surface area contributed by atoms with Crippen LogP contribution < -0.4 is 9.47 Å². The maximum atomic E-state index is 13.7. The van der Waals surface area contributed by atoms with E-state index in [0.717, 1.165) is 70.8 Å². The third kappa shape index (κ3) is 11.4. The minimum absolute atomic E-state index is 0.0665. The molecule has 0 amide bonds. The fourth-order valence-electron chi connectivity index (χ4n) is 12.7. The van der Waals surface area contributed by atoms with Gasteiger partial charge in [0.2, 0.25) is 0 Å². The molecule has 10 nitrogen and oxygen atoms in total. The molecular formula is C78H66N6O4. The summed E-state index contributed by atoms with van der Waals surface area (Å²) in [7, 11) is 0. The van der Waals surface area contributed by atoms with Crippen molar-refractivity contribution in [1.82, 2.24) is 30.0 Å². The van der Waals surface area contributed by atoms with Crippen molar-refractivity contribution in [3.8, 4) is 34.0 Å². The van der Waals surface area contributed by atoms with E-state index in [9.17, 15) is 9.90 Å². The van der Waals surface area contributed by atoms with Crippen molar-refractivity contribution in [3.05, 3.63) is 353 Å². The Morgan fingerprint density at radius 3 is 1.00 bits per heavy atom. The molecule has 0 saturated carbocycles. The number of ether oxygens (including phenoxy) is 2. The van der Waals surface area contributed by atoms with E-state index in [-0.39, 0.29) is 11.5 Å². The number of carbonyl (C=O) groups excluding carboxylic acids is 1. The summed E-state index contributed by atoms with van der Waals surface area (Å²) < 4.78 is 16.2. The van der Waals surface area contributed by atoms with Crippen LogP contribution in [0.15, 0.2) is 297 Å². The zero-order valence-electron chi connectivity index (χ0n) is 48.8. The molecule has 2 aromatic heterocycles. The summed E-state index contributed by atoms with van der Waals surface area (Å²) in [6.07, 6.45) is 7.28. The predicted molar refractivity (Wildman–Crippen MR) is 347 cm³/mol. The Labute approximate surface area is 513 Å². The Morgan fingerprint density at radius 1 is 0.364 bits per heavy atom. The van der Waals surface area contributed by atoms with Crippen LogP contribution in [0.5, 0.6) is 11.5 Å². The average molecular weight is 1150 g/mol. The number of carbonyl (C=O) groups is 1. The van der Waals surface area contributed by atoms with Crippen molar-refractivity contribution in [1.29, 1.82) is 0 Å². The minimum atomic E-state index is -0.720. The Kier molecular flexibility index (Phi) is 16.6. The second kappa shape index (κ2) is 25.9. The molecule has 0 aliphatic heterocycles. The zero-order chi connectivity index (χ0) is 59.5. The molecule has 13 rings (SSSR count). The first kappa shape index (κ1) is 56.4. The summed E-state index contributed by atoms with van der Waals surface area (Å²) in [4.78, 5) is 13.7. The fourth-order valence-corrected chi connectivity index (χ4v) is 12.7. The largest absolute Gasteiger partial charge is 0.510 e. The number of nitrogens with zero attached hydrogens (tertiary/aromatic N) is 6. The molecule has 10 heteroatoms. The van der Waals surface area contributed by atoms with Crippen molar-refractivity contribution < 1.29 is 19.4 Å². The molecule has 1 aliphatic carbocycles. The maximum absolute atomic E-state index is 13.7. The lowest BCUT2D eigenvalue weighted by Gasteiger charge is -2.36. The molecule has 1 aliphatic rings. The molecule has 2 heterocycles. The van der Waals surface area contributed by atoms with E-state index in [2.05, 4.69) is 251 Å². The van der Waals surface area contributed by atoms with Gasteiger partial charge in [-0.25, -0.2) is 0 Å². The second-order valence-corrected chi connectivity index (χ2v) is 22.3. The van der Waals surface area contributed by atoms with Gasteiger partial charge in [-0.3, -0.25) is 14.2 Å². The summed E-state index contributed by atoms with van der Waals surface area (Å²) in [5, 5.41) is 29.0. The van der Waals surface area contributed by atoms with Crippen LogP contribution in [0.1, 0.15) is 87.2 Å². The van der Waals surface area contributed by atoms with Gasteiger partial charge in [0.05, 0.1) is 42.0 Å². The molecule has 88 heavy (non-hydrogen) atoms. The molecule has 1 unspecified atom stereocenters. The van der Waals surface area contributed by atoms with Crippen molar-refractivity contribution in [2.45, 2.75) is 55.5 Å². The first-order chi connectivity index (χ1) is 43.5. The summed E-state index contributed by atoms with van der Waals surface area (Å²) in [5.41, 5.74) is 13.5. The van der Waals surface area contributed by atoms with Crippen LogP contribution in [0, 0.1) is 0 Å². The first-order valence-corrected chi connectivity index (χ1v) is 30.3. The Bertz CT molecular complexity index is 4060. The highest BCUT2D eigenvalue weighted by molar-refractivity contribution is 6.32.